The van der Waals surface area contributed by atoms with Gasteiger partial charge in [0, 0.05) is 63.4 Å². The van der Waals surface area contributed by atoms with E-state index in [4.69, 9.17) is 4.98 Å². The Morgan fingerprint density at radius 1 is 1.10 bits per heavy atom. The van der Waals surface area contributed by atoms with Crippen LogP contribution < -0.4 is 10.2 Å². The summed E-state index contributed by atoms with van der Waals surface area (Å²) in [6.07, 6.45) is 6.27. The molecule has 0 saturated carbocycles. The maximum absolute atomic E-state index is 13.1. The second-order valence-corrected chi connectivity index (χ2v) is 8.93. The Morgan fingerprint density at radius 3 is 2.93 bits per heavy atom. The molecule has 8 heteroatoms. The van der Waals surface area contributed by atoms with Crippen molar-refractivity contribution in [3.05, 3.63) is 23.5 Å². The van der Waals surface area contributed by atoms with E-state index >= 15 is 0 Å². The van der Waals surface area contributed by atoms with Crippen LogP contribution in [0.15, 0.2) is 12.3 Å². The highest BCUT2D eigenvalue weighted by molar-refractivity contribution is 5.82. The van der Waals surface area contributed by atoms with Crippen molar-refractivity contribution in [2.45, 2.75) is 31.7 Å². The number of carbonyl (C=O) groups excluding carboxylic acids is 1. The third-order valence-electron chi connectivity index (χ3n) is 7.21. The van der Waals surface area contributed by atoms with E-state index in [9.17, 15) is 4.79 Å². The number of hydrogen-bond donors (Lipinski definition) is 1. The summed E-state index contributed by atoms with van der Waals surface area (Å²) in [6.45, 7) is 7.61. The third kappa shape index (κ3) is 2.92. The van der Waals surface area contributed by atoms with Crippen molar-refractivity contribution in [1.82, 2.24) is 29.7 Å². The van der Waals surface area contributed by atoms with Crippen LogP contribution in [0.25, 0.3) is 5.65 Å². The lowest BCUT2D eigenvalue weighted by Gasteiger charge is -2.45. The van der Waals surface area contributed by atoms with Gasteiger partial charge in [-0.25, -0.2) is 4.98 Å². The predicted octanol–water partition coefficient (Wildman–Crippen LogP) is 0.160. The first-order chi connectivity index (χ1) is 14.3. The summed E-state index contributed by atoms with van der Waals surface area (Å²) in [6, 6.07) is 2.57. The van der Waals surface area contributed by atoms with Crippen LogP contribution in [0.2, 0.25) is 0 Å². The largest absolute Gasteiger partial charge is 0.354 e. The van der Waals surface area contributed by atoms with Gasteiger partial charge in [0.2, 0.25) is 5.91 Å². The number of nitrogens with zero attached hydrogens (tertiary/aromatic N) is 6. The molecule has 0 spiro atoms. The van der Waals surface area contributed by atoms with Crippen molar-refractivity contribution in [2.75, 3.05) is 57.3 Å². The van der Waals surface area contributed by atoms with Crippen molar-refractivity contribution in [3.8, 4) is 0 Å². The van der Waals surface area contributed by atoms with Crippen molar-refractivity contribution in [1.29, 1.82) is 0 Å². The Bertz CT molecular complexity index is 934. The van der Waals surface area contributed by atoms with Crippen LogP contribution in [0.1, 0.15) is 24.1 Å². The lowest BCUT2D eigenvalue weighted by atomic mass is 9.96. The molecule has 1 N–H and O–H groups in total. The van der Waals surface area contributed by atoms with Gasteiger partial charge in [-0.2, -0.15) is 9.61 Å². The fourth-order valence-corrected chi connectivity index (χ4v) is 5.60. The van der Waals surface area contributed by atoms with E-state index in [0.29, 0.717) is 11.9 Å². The molecular weight excluding hydrogens is 366 g/mol. The minimum atomic E-state index is 0.112. The van der Waals surface area contributed by atoms with Gasteiger partial charge in [-0.1, -0.05) is 0 Å². The molecule has 3 saturated heterocycles. The van der Waals surface area contributed by atoms with Crippen LogP contribution >= 0.6 is 0 Å². The highest BCUT2D eigenvalue weighted by atomic mass is 16.2. The van der Waals surface area contributed by atoms with Crippen LogP contribution in [-0.4, -0.2) is 88.7 Å². The number of aromatic nitrogens is 3. The van der Waals surface area contributed by atoms with E-state index in [1.165, 1.54) is 30.6 Å². The Hall–Kier alpha value is -2.19. The molecule has 1 amide bonds. The molecule has 8 nitrogen and oxygen atoms in total. The van der Waals surface area contributed by atoms with Gasteiger partial charge < -0.3 is 15.1 Å². The van der Waals surface area contributed by atoms with Crippen molar-refractivity contribution in [2.24, 2.45) is 5.92 Å². The van der Waals surface area contributed by atoms with E-state index in [1.54, 1.807) is 0 Å². The van der Waals surface area contributed by atoms with Gasteiger partial charge in [-0.3, -0.25) is 9.69 Å². The lowest BCUT2D eigenvalue weighted by molar-refractivity contribution is -0.139. The standard InChI is InChI=1S/C21H29N7O/c29-21(26-11-10-25-9-1-2-16(25)14-26)15-12-27(13-15)20-17-3-6-22-7-4-18(17)24-19-5-8-23-28(19)20/h5,8,15-16,22H,1-4,6-7,9-14H2. The van der Waals surface area contributed by atoms with E-state index in [1.807, 2.05) is 16.8 Å². The van der Waals surface area contributed by atoms with Crippen molar-refractivity contribution >= 4 is 17.4 Å². The first-order valence-corrected chi connectivity index (χ1v) is 11.1. The number of carbonyl (C=O) groups is 1. The fraction of sp³-hybridized carbons (Fsp3) is 0.667. The van der Waals surface area contributed by atoms with Gasteiger partial charge in [0.15, 0.2) is 5.65 Å². The zero-order chi connectivity index (χ0) is 19.4. The van der Waals surface area contributed by atoms with Gasteiger partial charge in [-0.15, -0.1) is 0 Å². The average Bonchev–Trinajstić information content (AvgIpc) is 3.29. The smallest absolute Gasteiger partial charge is 0.229 e. The van der Waals surface area contributed by atoms with E-state index in [0.717, 1.165) is 70.1 Å². The van der Waals surface area contributed by atoms with Gasteiger partial charge in [0.05, 0.1) is 17.8 Å². The van der Waals surface area contributed by atoms with Crippen LogP contribution in [0.4, 0.5) is 5.82 Å². The monoisotopic (exact) mass is 395 g/mol. The summed E-state index contributed by atoms with van der Waals surface area (Å²) < 4.78 is 1.97. The molecule has 6 heterocycles. The number of piperazine rings is 1. The summed E-state index contributed by atoms with van der Waals surface area (Å²) in [4.78, 5) is 25.0. The molecule has 0 bridgehead atoms. The zero-order valence-electron chi connectivity index (χ0n) is 16.9. The van der Waals surface area contributed by atoms with E-state index in [-0.39, 0.29) is 5.92 Å². The number of hydrogen-bond acceptors (Lipinski definition) is 6. The first kappa shape index (κ1) is 17.7. The Labute approximate surface area is 170 Å². The number of amides is 1. The molecule has 1 unspecified atom stereocenters. The van der Waals surface area contributed by atoms with Crippen LogP contribution in [0.5, 0.6) is 0 Å². The van der Waals surface area contributed by atoms with Gasteiger partial charge in [0.1, 0.15) is 5.82 Å². The molecule has 2 aromatic rings. The third-order valence-corrected chi connectivity index (χ3v) is 7.21. The first-order valence-electron chi connectivity index (χ1n) is 11.1. The molecule has 0 aliphatic carbocycles. The molecule has 29 heavy (non-hydrogen) atoms. The number of fused-ring (bicyclic) bond motifs is 3. The second-order valence-electron chi connectivity index (χ2n) is 8.93. The summed E-state index contributed by atoms with van der Waals surface area (Å²) in [5.41, 5.74) is 3.40. The van der Waals surface area contributed by atoms with Crippen LogP contribution in [-0.2, 0) is 17.6 Å². The Morgan fingerprint density at radius 2 is 2.00 bits per heavy atom. The quantitative estimate of drug-likeness (QED) is 0.781. The highest BCUT2D eigenvalue weighted by Gasteiger charge is 2.40. The maximum Gasteiger partial charge on any atom is 0.229 e. The Balaban J connectivity index is 1.21. The summed E-state index contributed by atoms with van der Waals surface area (Å²) in [7, 11) is 0. The molecule has 4 aliphatic rings. The maximum atomic E-state index is 13.1. The lowest BCUT2D eigenvalue weighted by Crippen LogP contribution is -2.59. The molecule has 4 aliphatic heterocycles. The predicted molar refractivity (Wildman–Crippen MR) is 110 cm³/mol. The van der Waals surface area contributed by atoms with Crippen LogP contribution in [0, 0.1) is 5.92 Å². The minimum absolute atomic E-state index is 0.112. The summed E-state index contributed by atoms with van der Waals surface area (Å²) >= 11 is 0. The number of rotatable bonds is 2. The number of anilines is 1. The molecule has 6 rings (SSSR count). The average molecular weight is 396 g/mol. The molecule has 154 valence electrons. The molecule has 2 aromatic heterocycles. The van der Waals surface area contributed by atoms with Gasteiger partial charge in [-0.05, 0) is 32.4 Å². The fourth-order valence-electron chi connectivity index (χ4n) is 5.60. The molecule has 3 fully saturated rings. The van der Waals surface area contributed by atoms with E-state index < -0.39 is 0 Å². The zero-order valence-corrected chi connectivity index (χ0v) is 16.9. The van der Waals surface area contributed by atoms with Crippen molar-refractivity contribution < 1.29 is 4.79 Å². The minimum Gasteiger partial charge on any atom is -0.354 e. The molecule has 0 radical (unpaired) electrons. The normalized spacial score (nSPS) is 25.6. The Kier molecular flexibility index (Phi) is 4.23. The molecule has 1 atom stereocenters. The second kappa shape index (κ2) is 6.95. The van der Waals surface area contributed by atoms with Gasteiger partial charge >= 0.3 is 0 Å². The topological polar surface area (TPSA) is 69.0 Å². The summed E-state index contributed by atoms with van der Waals surface area (Å²) in [5.74, 6) is 1.62. The molecular formula is C21H29N7O. The van der Waals surface area contributed by atoms with E-state index in [2.05, 4.69) is 25.1 Å². The van der Waals surface area contributed by atoms with Gasteiger partial charge in [0.25, 0.3) is 0 Å². The molecule has 0 aromatic carbocycles. The SMILES string of the molecule is O=C(C1CN(c2c3c(nc4ccnn24)CCNCC3)C1)N1CCN2CCCC2C1. The summed E-state index contributed by atoms with van der Waals surface area (Å²) in [5, 5.41) is 8.03. The highest BCUT2D eigenvalue weighted by Crippen LogP contribution is 2.32. The number of nitrogens with one attached hydrogen (secondary N) is 1. The van der Waals surface area contributed by atoms with Crippen molar-refractivity contribution in [3.63, 3.8) is 0 Å². The van der Waals surface area contributed by atoms with Crippen LogP contribution in [0.3, 0.4) is 0 Å².